The highest BCUT2D eigenvalue weighted by Crippen LogP contribution is 2.64. The number of fused-ring (bicyclic) bond motifs is 5. The van der Waals surface area contributed by atoms with Crippen molar-refractivity contribution in [3.8, 4) is 0 Å². The summed E-state index contributed by atoms with van der Waals surface area (Å²) < 4.78 is 0. The first kappa shape index (κ1) is 17.9. The van der Waals surface area contributed by atoms with E-state index < -0.39 is 0 Å². The molecule has 4 aliphatic carbocycles. The van der Waals surface area contributed by atoms with Crippen LogP contribution in [0.3, 0.4) is 0 Å². The zero-order valence-corrected chi connectivity index (χ0v) is 16.4. The monoisotopic (exact) mass is 338 g/mol. The maximum Gasteiger partial charge on any atom is 0.133 e. The van der Waals surface area contributed by atoms with Crippen LogP contribution in [0.25, 0.3) is 0 Å². The van der Waals surface area contributed by atoms with E-state index in [4.69, 9.17) is 0 Å². The molecule has 0 amide bonds. The van der Waals surface area contributed by atoms with Crippen molar-refractivity contribution in [2.45, 2.75) is 77.7 Å². The van der Waals surface area contributed by atoms with Gasteiger partial charge in [0, 0.05) is 5.92 Å². The molecule has 0 radical (unpaired) electrons. The molecule has 0 saturated heterocycles. The fourth-order valence-corrected chi connectivity index (χ4v) is 7.50. The molecular weight excluding hydrogens is 303 g/mol. The minimum absolute atomic E-state index is 0. The first-order chi connectivity index (χ1) is 10.5. The van der Waals surface area contributed by atoms with Gasteiger partial charge in [-0.2, -0.15) is 9.90 Å². The first-order valence-electron chi connectivity index (χ1n) is 9.69. The Kier molecular flexibility index (Phi) is 4.98. The molecule has 4 aliphatic rings. The van der Waals surface area contributed by atoms with Crippen LogP contribution in [0, 0.1) is 40.9 Å². The SMILES string of the molecule is CC(=O)C1CCC2C3CCC4CC(O)CCC4C3CCC12C.P. The van der Waals surface area contributed by atoms with Gasteiger partial charge < -0.3 is 5.11 Å². The smallest absolute Gasteiger partial charge is 0.133 e. The van der Waals surface area contributed by atoms with Gasteiger partial charge in [0.1, 0.15) is 5.78 Å². The third kappa shape index (κ3) is 2.73. The lowest BCUT2D eigenvalue weighted by atomic mass is 9.49. The van der Waals surface area contributed by atoms with Crippen LogP contribution in [-0.4, -0.2) is 17.0 Å². The normalized spacial score (nSPS) is 51.9. The Morgan fingerprint density at radius 3 is 2.43 bits per heavy atom. The number of aliphatic hydroxyl groups excluding tert-OH is 1. The Morgan fingerprint density at radius 1 is 0.957 bits per heavy atom. The summed E-state index contributed by atoms with van der Waals surface area (Å²) in [5.41, 5.74) is 0.300. The van der Waals surface area contributed by atoms with E-state index in [2.05, 4.69) is 6.92 Å². The van der Waals surface area contributed by atoms with Gasteiger partial charge in [-0.1, -0.05) is 6.92 Å². The van der Waals surface area contributed by atoms with Crippen LogP contribution in [0.1, 0.15) is 71.6 Å². The van der Waals surface area contributed by atoms with Crippen molar-refractivity contribution in [1.82, 2.24) is 0 Å². The van der Waals surface area contributed by atoms with Crippen LogP contribution in [0.4, 0.5) is 0 Å². The maximum atomic E-state index is 12.1. The number of carbonyl (C=O) groups is 1. The molecule has 1 N–H and O–H groups in total. The van der Waals surface area contributed by atoms with Crippen LogP contribution >= 0.6 is 9.90 Å². The molecule has 0 aromatic heterocycles. The summed E-state index contributed by atoms with van der Waals surface area (Å²) in [6.45, 7) is 4.26. The Labute approximate surface area is 144 Å². The number of aliphatic hydroxyl groups is 1. The summed E-state index contributed by atoms with van der Waals surface area (Å²) in [7, 11) is 0. The van der Waals surface area contributed by atoms with Crippen molar-refractivity contribution in [2.75, 3.05) is 0 Å². The summed E-state index contributed by atoms with van der Waals surface area (Å²) in [6.07, 6.45) is 11.1. The molecule has 0 spiro atoms. The van der Waals surface area contributed by atoms with Gasteiger partial charge in [0.25, 0.3) is 0 Å². The molecule has 4 fully saturated rings. The molecule has 3 heteroatoms. The van der Waals surface area contributed by atoms with Crippen molar-refractivity contribution in [2.24, 2.45) is 40.9 Å². The Balaban J connectivity index is 0.00000156. The highest BCUT2D eigenvalue weighted by Gasteiger charge is 2.57. The molecule has 9 unspecified atom stereocenters. The summed E-state index contributed by atoms with van der Waals surface area (Å²) in [4.78, 5) is 12.1. The largest absolute Gasteiger partial charge is 0.393 e. The highest BCUT2D eigenvalue weighted by atomic mass is 31.0. The van der Waals surface area contributed by atoms with Gasteiger partial charge >= 0.3 is 0 Å². The first-order valence-corrected chi connectivity index (χ1v) is 9.69. The Morgan fingerprint density at radius 2 is 1.70 bits per heavy atom. The topological polar surface area (TPSA) is 37.3 Å². The van der Waals surface area contributed by atoms with Crippen LogP contribution in [0.2, 0.25) is 0 Å². The second-order valence-electron chi connectivity index (χ2n) is 9.19. The lowest BCUT2D eigenvalue weighted by molar-refractivity contribution is -0.128. The van der Waals surface area contributed by atoms with Crippen LogP contribution in [0.5, 0.6) is 0 Å². The minimum atomic E-state index is -0.0276. The van der Waals surface area contributed by atoms with Gasteiger partial charge in [-0.15, -0.1) is 0 Å². The second-order valence-corrected chi connectivity index (χ2v) is 9.19. The molecule has 2 nitrogen and oxygen atoms in total. The Hall–Kier alpha value is 0.0600. The molecule has 0 aliphatic heterocycles. The van der Waals surface area contributed by atoms with E-state index >= 15 is 0 Å². The van der Waals surface area contributed by atoms with Gasteiger partial charge in [-0.3, -0.25) is 4.79 Å². The molecule has 4 rings (SSSR count). The van der Waals surface area contributed by atoms with Gasteiger partial charge in [0.05, 0.1) is 6.10 Å². The molecule has 0 aromatic carbocycles. The lowest BCUT2D eigenvalue weighted by Crippen LogP contribution is -2.49. The van der Waals surface area contributed by atoms with Crippen LogP contribution in [0.15, 0.2) is 0 Å². The van der Waals surface area contributed by atoms with Crippen molar-refractivity contribution in [3.05, 3.63) is 0 Å². The quantitative estimate of drug-likeness (QED) is 0.725. The van der Waals surface area contributed by atoms with Gasteiger partial charge in [0.2, 0.25) is 0 Å². The average Bonchev–Trinajstić information content (AvgIpc) is 2.84. The van der Waals surface area contributed by atoms with E-state index in [1.807, 2.05) is 6.92 Å². The van der Waals surface area contributed by atoms with E-state index in [0.29, 0.717) is 17.1 Å². The maximum absolute atomic E-state index is 12.1. The van der Waals surface area contributed by atoms with Crippen molar-refractivity contribution < 1.29 is 9.90 Å². The van der Waals surface area contributed by atoms with Gasteiger partial charge in [-0.25, -0.2) is 0 Å². The molecule has 0 heterocycles. The molecule has 132 valence electrons. The number of ketones is 1. The average molecular weight is 338 g/mol. The molecule has 9 atom stereocenters. The van der Waals surface area contributed by atoms with Crippen molar-refractivity contribution in [3.63, 3.8) is 0 Å². The molecular formula is C20H35O2P. The molecule has 0 aromatic rings. The summed E-state index contributed by atoms with van der Waals surface area (Å²) in [5, 5.41) is 9.99. The van der Waals surface area contributed by atoms with E-state index in [1.165, 1.54) is 38.5 Å². The minimum Gasteiger partial charge on any atom is -0.393 e. The number of carbonyl (C=O) groups excluding carboxylic acids is 1. The van der Waals surface area contributed by atoms with E-state index in [-0.39, 0.29) is 16.0 Å². The van der Waals surface area contributed by atoms with E-state index in [1.54, 1.807) is 0 Å². The van der Waals surface area contributed by atoms with Crippen LogP contribution < -0.4 is 0 Å². The predicted octanol–water partition coefficient (Wildman–Crippen LogP) is 4.26. The van der Waals surface area contributed by atoms with E-state index in [0.717, 1.165) is 48.9 Å². The van der Waals surface area contributed by atoms with Gasteiger partial charge in [0.15, 0.2) is 0 Å². The number of hydrogen-bond donors (Lipinski definition) is 1. The fourth-order valence-electron chi connectivity index (χ4n) is 7.50. The van der Waals surface area contributed by atoms with Gasteiger partial charge in [-0.05, 0) is 99.7 Å². The highest BCUT2D eigenvalue weighted by molar-refractivity contribution is 6.92. The summed E-state index contributed by atoms with van der Waals surface area (Å²) >= 11 is 0. The molecule has 4 saturated carbocycles. The van der Waals surface area contributed by atoms with Crippen molar-refractivity contribution in [1.29, 1.82) is 0 Å². The zero-order chi connectivity index (χ0) is 15.5. The van der Waals surface area contributed by atoms with Crippen LogP contribution in [-0.2, 0) is 4.79 Å². The van der Waals surface area contributed by atoms with Crippen molar-refractivity contribution >= 4 is 15.7 Å². The third-order valence-electron chi connectivity index (χ3n) is 8.42. The standard InChI is InChI=1S/C20H32O2.H3P/c1-12(21)18-7-8-19-17-5-3-13-11-14(22)4-6-15(13)16(17)9-10-20(18,19)2;/h13-19,22H,3-11H2,1-2H3;1H3. The summed E-state index contributed by atoms with van der Waals surface area (Å²) in [5.74, 6) is 5.02. The number of Topliss-reactive ketones (excluding diaryl/α,β-unsaturated/α-hetero) is 1. The number of hydrogen-bond acceptors (Lipinski definition) is 2. The van der Waals surface area contributed by atoms with E-state index in [9.17, 15) is 9.90 Å². The second kappa shape index (κ2) is 6.41. The summed E-state index contributed by atoms with van der Waals surface area (Å²) in [6, 6.07) is 0. The predicted molar refractivity (Wildman–Crippen MR) is 98.4 cm³/mol. The zero-order valence-electron chi connectivity index (χ0n) is 15.0. The third-order valence-corrected chi connectivity index (χ3v) is 8.42. The lowest BCUT2D eigenvalue weighted by Gasteiger charge is -2.56. The molecule has 23 heavy (non-hydrogen) atoms. The number of rotatable bonds is 1. The Bertz CT molecular complexity index is 465. The fraction of sp³-hybridized carbons (Fsp3) is 0.950. The molecule has 0 bridgehead atoms.